The van der Waals surface area contributed by atoms with Crippen LogP contribution in [0.4, 0.5) is 0 Å². The van der Waals surface area contributed by atoms with E-state index < -0.39 is 7.92 Å². The lowest BCUT2D eigenvalue weighted by molar-refractivity contribution is 0.105. The zero-order chi connectivity index (χ0) is 19.7. The van der Waals surface area contributed by atoms with Crippen molar-refractivity contribution in [1.82, 2.24) is 0 Å². The van der Waals surface area contributed by atoms with Crippen LogP contribution in [0, 0.1) is 13.8 Å². The van der Waals surface area contributed by atoms with Crippen molar-refractivity contribution in [3.05, 3.63) is 67.7 Å². The molecule has 1 saturated carbocycles. The highest BCUT2D eigenvalue weighted by atomic mass is 35.5. The van der Waals surface area contributed by atoms with E-state index in [2.05, 4.69) is 0 Å². The molecule has 1 atom stereocenters. The van der Waals surface area contributed by atoms with Gasteiger partial charge in [-0.1, -0.05) is 65.8 Å². The van der Waals surface area contributed by atoms with Gasteiger partial charge in [0.05, 0.1) is 15.6 Å². The molecule has 0 spiro atoms. The molecule has 142 valence electrons. The van der Waals surface area contributed by atoms with Crippen molar-refractivity contribution in [2.75, 3.05) is 0 Å². The molecule has 0 amide bonds. The average Bonchev–Trinajstić information content (AvgIpc) is 3.08. The normalized spacial score (nSPS) is 15.7. The van der Waals surface area contributed by atoms with E-state index in [0.29, 0.717) is 10.6 Å². The molecule has 0 radical (unpaired) electrons. The van der Waals surface area contributed by atoms with Crippen LogP contribution < -0.4 is 0 Å². The van der Waals surface area contributed by atoms with E-state index in [-0.39, 0.29) is 32.3 Å². The molecule has 1 fully saturated rings. The van der Waals surface area contributed by atoms with E-state index >= 15 is 0 Å². The van der Waals surface area contributed by atoms with Crippen LogP contribution in [0.3, 0.4) is 0 Å². The third kappa shape index (κ3) is 4.25. The van der Waals surface area contributed by atoms with Crippen molar-refractivity contribution in [2.24, 2.45) is 0 Å². The number of rotatable bonds is 5. The first kappa shape index (κ1) is 20.8. The molecule has 1 unspecified atom stereocenters. The van der Waals surface area contributed by atoms with Gasteiger partial charge in [0.15, 0.2) is 11.0 Å². The molecule has 0 bridgehead atoms. The van der Waals surface area contributed by atoms with Gasteiger partial charge in [0.2, 0.25) is 0 Å². The third-order valence-corrected chi connectivity index (χ3v) is 8.43. The lowest BCUT2D eigenvalue weighted by Crippen LogP contribution is -2.17. The molecule has 0 N–H and O–H groups in total. The van der Waals surface area contributed by atoms with E-state index in [1.54, 1.807) is 0 Å². The molecule has 2 aromatic carbocycles. The van der Waals surface area contributed by atoms with Crippen molar-refractivity contribution < 1.29 is 9.59 Å². The summed E-state index contributed by atoms with van der Waals surface area (Å²) in [7, 11) is -1.60. The van der Waals surface area contributed by atoms with Gasteiger partial charge in [-0.15, -0.1) is 0 Å². The molecule has 27 heavy (non-hydrogen) atoms. The molecule has 0 aromatic heterocycles. The highest BCUT2D eigenvalue weighted by molar-refractivity contribution is 7.90. The second kappa shape index (κ2) is 8.62. The summed E-state index contributed by atoms with van der Waals surface area (Å²) >= 11 is 18.6. The standard InChI is InChI=1S/C21H20Cl3O2P/c1-12-6-5-7-13(2)18(12)20(25)27(15-8-3-4-9-15)21(26)19-16(23)10-14(22)11-17(19)24/h5-7,10-11,15H,3-4,8-9H2,1-2H3. The van der Waals surface area contributed by atoms with E-state index in [0.717, 1.165) is 36.8 Å². The molecule has 3 rings (SSSR count). The van der Waals surface area contributed by atoms with Crippen molar-refractivity contribution in [2.45, 2.75) is 45.2 Å². The number of benzene rings is 2. The van der Waals surface area contributed by atoms with Gasteiger partial charge in [-0.25, -0.2) is 0 Å². The summed E-state index contributed by atoms with van der Waals surface area (Å²) < 4.78 is 0. The first-order valence-electron chi connectivity index (χ1n) is 8.90. The van der Waals surface area contributed by atoms with Crippen molar-refractivity contribution in [1.29, 1.82) is 0 Å². The minimum atomic E-state index is -1.60. The maximum absolute atomic E-state index is 13.6. The van der Waals surface area contributed by atoms with E-state index in [9.17, 15) is 9.59 Å². The van der Waals surface area contributed by atoms with Gasteiger partial charge in [-0.3, -0.25) is 9.59 Å². The average molecular weight is 442 g/mol. The Morgan fingerprint density at radius 1 is 0.889 bits per heavy atom. The van der Waals surface area contributed by atoms with Crippen LogP contribution in [-0.2, 0) is 0 Å². The molecule has 0 aliphatic heterocycles. The van der Waals surface area contributed by atoms with Gasteiger partial charge in [0, 0.05) is 18.5 Å². The lowest BCUT2D eigenvalue weighted by atomic mass is 10.0. The van der Waals surface area contributed by atoms with Crippen LogP contribution in [0.25, 0.3) is 0 Å². The van der Waals surface area contributed by atoms with Gasteiger partial charge in [0.1, 0.15) is 0 Å². The number of hydrogen-bond acceptors (Lipinski definition) is 2. The maximum Gasteiger partial charge on any atom is 0.195 e. The van der Waals surface area contributed by atoms with Crippen LogP contribution in [-0.4, -0.2) is 16.7 Å². The van der Waals surface area contributed by atoms with Crippen molar-refractivity contribution >= 4 is 53.8 Å². The highest BCUT2D eigenvalue weighted by Crippen LogP contribution is 2.55. The second-order valence-electron chi connectivity index (χ2n) is 6.93. The van der Waals surface area contributed by atoms with E-state index in [1.807, 2.05) is 32.0 Å². The Bertz CT molecular complexity index is 861. The van der Waals surface area contributed by atoms with Crippen LogP contribution >= 0.6 is 42.7 Å². The van der Waals surface area contributed by atoms with Gasteiger partial charge in [-0.2, -0.15) is 0 Å². The topological polar surface area (TPSA) is 34.1 Å². The first-order chi connectivity index (χ1) is 12.8. The van der Waals surface area contributed by atoms with Crippen molar-refractivity contribution in [3.63, 3.8) is 0 Å². The quantitative estimate of drug-likeness (QED) is 0.446. The molecule has 0 saturated heterocycles. The van der Waals surface area contributed by atoms with E-state index in [1.165, 1.54) is 12.1 Å². The smallest absolute Gasteiger partial charge is 0.195 e. The van der Waals surface area contributed by atoms with Crippen LogP contribution in [0.1, 0.15) is 57.5 Å². The fourth-order valence-electron chi connectivity index (χ4n) is 3.73. The predicted molar refractivity (Wildman–Crippen MR) is 115 cm³/mol. The summed E-state index contributed by atoms with van der Waals surface area (Å²) in [6.07, 6.45) is 3.85. The Morgan fingerprint density at radius 3 is 1.89 bits per heavy atom. The fourth-order valence-corrected chi connectivity index (χ4v) is 7.65. The summed E-state index contributed by atoms with van der Waals surface area (Å²) in [6.45, 7) is 3.82. The Balaban J connectivity index is 2.10. The number of hydrogen-bond donors (Lipinski definition) is 0. The number of carbonyl (C=O) groups is 2. The molecular weight excluding hydrogens is 422 g/mol. The summed E-state index contributed by atoms with van der Waals surface area (Å²) in [6, 6.07) is 8.76. The first-order valence-corrected chi connectivity index (χ1v) is 11.4. The third-order valence-electron chi connectivity index (χ3n) is 5.04. The molecule has 1 aliphatic rings. The largest absolute Gasteiger partial charge is 0.289 e. The maximum atomic E-state index is 13.6. The fraction of sp³-hybridized carbons (Fsp3) is 0.333. The molecule has 2 nitrogen and oxygen atoms in total. The summed E-state index contributed by atoms with van der Waals surface area (Å²) in [5.41, 5.74) is 2.43. The summed E-state index contributed by atoms with van der Waals surface area (Å²) in [5, 5.41) is 0.780. The van der Waals surface area contributed by atoms with Crippen molar-refractivity contribution in [3.8, 4) is 0 Å². The molecular formula is C21H20Cl3O2P. The molecule has 1 aliphatic carbocycles. The van der Waals surface area contributed by atoms with Gasteiger partial charge < -0.3 is 0 Å². The Hall–Kier alpha value is -0.920. The van der Waals surface area contributed by atoms with Gasteiger partial charge in [-0.05, 0) is 55.6 Å². The zero-order valence-electron chi connectivity index (χ0n) is 15.2. The predicted octanol–water partition coefficient (Wildman–Crippen LogP) is 7.67. The molecule has 0 heterocycles. The van der Waals surface area contributed by atoms with Gasteiger partial charge in [0.25, 0.3) is 0 Å². The molecule has 2 aromatic rings. The van der Waals surface area contributed by atoms with Gasteiger partial charge >= 0.3 is 0 Å². The zero-order valence-corrected chi connectivity index (χ0v) is 18.4. The van der Waals surface area contributed by atoms with Crippen LogP contribution in [0.2, 0.25) is 15.1 Å². The number of carbonyl (C=O) groups excluding carboxylic acids is 2. The lowest BCUT2D eigenvalue weighted by Gasteiger charge is -2.24. The monoisotopic (exact) mass is 440 g/mol. The number of aryl methyl sites for hydroxylation is 2. The Labute approximate surface area is 175 Å². The SMILES string of the molecule is Cc1cccc(C)c1C(=O)P(C(=O)c1c(Cl)cc(Cl)cc1Cl)C1CCCC1. The Morgan fingerprint density at radius 2 is 1.37 bits per heavy atom. The highest BCUT2D eigenvalue weighted by Gasteiger charge is 2.39. The second-order valence-corrected chi connectivity index (χ2v) is 10.5. The Kier molecular flexibility index (Phi) is 6.64. The van der Waals surface area contributed by atoms with Crippen LogP contribution in [0.15, 0.2) is 30.3 Å². The molecule has 6 heteroatoms. The minimum Gasteiger partial charge on any atom is -0.289 e. The van der Waals surface area contributed by atoms with Crippen LogP contribution in [0.5, 0.6) is 0 Å². The minimum absolute atomic E-state index is 0.0698. The summed E-state index contributed by atoms with van der Waals surface area (Å²) in [4.78, 5) is 27.1. The van der Waals surface area contributed by atoms with E-state index in [4.69, 9.17) is 34.8 Å². The summed E-state index contributed by atoms with van der Waals surface area (Å²) in [5.74, 6) is 0. The number of halogens is 3.